The highest BCUT2D eigenvalue weighted by Crippen LogP contribution is 2.32. The maximum atomic E-state index is 12.5. The summed E-state index contributed by atoms with van der Waals surface area (Å²) in [6, 6.07) is 6.64. The molecule has 21 heavy (non-hydrogen) atoms. The zero-order valence-corrected chi connectivity index (χ0v) is 12.4. The normalized spacial score (nSPS) is 18.2. The van der Waals surface area contributed by atoms with Gasteiger partial charge in [-0.15, -0.1) is 5.10 Å². The van der Waals surface area contributed by atoms with Crippen LogP contribution in [-0.4, -0.2) is 37.6 Å². The van der Waals surface area contributed by atoms with Crippen LogP contribution in [0.2, 0.25) is 0 Å². The highest BCUT2D eigenvalue weighted by Gasteiger charge is 2.30. The fourth-order valence-electron chi connectivity index (χ4n) is 2.87. The zero-order chi connectivity index (χ0) is 14.8. The van der Waals surface area contributed by atoms with Gasteiger partial charge in [-0.05, 0) is 53.8 Å². The summed E-state index contributed by atoms with van der Waals surface area (Å²) in [4.78, 5) is 14.4. The van der Waals surface area contributed by atoms with Crippen molar-refractivity contribution in [3.63, 3.8) is 0 Å². The molecule has 1 unspecified atom stereocenters. The smallest absolute Gasteiger partial charge is 0.244 e. The van der Waals surface area contributed by atoms with Crippen LogP contribution in [-0.2, 0) is 11.3 Å². The van der Waals surface area contributed by atoms with Crippen LogP contribution in [0.4, 0.5) is 0 Å². The summed E-state index contributed by atoms with van der Waals surface area (Å²) in [6.45, 7) is 5.22. The Morgan fingerprint density at radius 1 is 1.33 bits per heavy atom. The van der Waals surface area contributed by atoms with Crippen LogP contribution in [0.5, 0.6) is 0 Å². The number of aromatic nitrogens is 4. The molecule has 1 saturated heterocycles. The van der Waals surface area contributed by atoms with Crippen molar-refractivity contribution in [1.82, 2.24) is 25.1 Å². The van der Waals surface area contributed by atoms with Gasteiger partial charge in [0.1, 0.15) is 12.9 Å². The van der Waals surface area contributed by atoms with Crippen LogP contribution in [0, 0.1) is 13.8 Å². The molecule has 1 aliphatic heterocycles. The molecule has 1 amide bonds. The Hall–Kier alpha value is -2.24. The maximum absolute atomic E-state index is 12.5. The van der Waals surface area contributed by atoms with Gasteiger partial charge in [0.15, 0.2) is 0 Å². The van der Waals surface area contributed by atoms with Crippen LogP contribution in [0.25, 0.3) is 0 Å². The van der Waals surface area contributed by atoms with Gasteiger partial charge in [0, 0.05) is 6.54 Å². The molecule has 0 radical (unpaired) electrons. The second kappa shape index (κ2) is 5.63. The lowest BCUT2D eigenvalue weighted by Gasteiger charge is -2.25. The topological polar surface area (TPSA) is 63.9 Å². The van der Waals surface area contributed by atoms with Crippen molar-refractivity contribution in [1.29, 1.82) is 0 Å². The van der Waals surface area contributed by atoms with Crippen LogP contribution in [0.15, 0.2) is 24.5 Å². The van der Waals surface area contributed by atoms with Crippen molar-refractivity contribution >= 4 is 5.91 Å². The average molecular weight is 285 g/mol. The number of hydrogen-bond donors (Lipinski definition) is 0. The van der Waals surface area contributed by atoms with Gasteiger partial charge >= 0.3 is 0 Å². The van der Waals surface area contributed by atoms with E-state index in [4.69, 9.17) is 0 Å². The number of nitrogens with zero attached hydrogens (tertiary/aromatic N) is 5. The molecule has 1 aromatic heterocycles. The maximum Gasteiger partial charge on any atom is 0.244 e. The lowest BCUT2D eigenvalue weighted by atomic mass is 9.99. The summed E-state index contributed by atoms with van der Waals surface area (Å²) in [6.07, 6.45) is 3.53. The first-order valence-corrected chi connectivity index (χ1v) is 7.22. The van der Waals surface area contributed by atoms with E-state index in [2.05, 4.69) is 47.6 Å². The van der Waals surface area contributed by atoms with Crippen LogP contribution in [0.1, 0.15) is 35.6 Å². The number of amides is 1. The van der Waals surface area contributed by atoms with E-state index < -0.39 is 0 Å². The van der Waals surface area contributed by atoms with E-state index in [0.717, 1.165) is 19.4 Å². The van der Waals surface area contributed by atoms with E-state index in [1.165, 1.54) is 27.7 Å². The molecule has 110 valence electrons. The third-order valence-corrected chi connectivity index (χ3v) is 4.18. The third-order valence-electron chi connectivity index (χ3n) is 4.18. The van der Waals surface area contributed by atoms with Crippen molar-refractivity contribution in [2.75, 3.05) is 6.54 Å². The molecule has 2 aromatic rings. The first kappa shape index (κ1) is 13.7. The van der Waals surface area contributed by atoms with Gasteiger partial charge in [0.25, 0.3) is 0 Å². The molecule has 3 rings (SSSR count). The van der Waals surface area contributed by atoms with Gasteiger partial charge in [-0.25, -0.2) is 4.68 Å². The van der Waals surface area contributed by atoms with Crippen LogP contribution < -0.4 is 0 Å². The Labute approximate surface area is 123 Å². The Morgan fingerprint density at radius 3 is 2.90 bits per heavy atom. The second-order valence-corrected chi connectivity index (χ2v) is 5.60. The molecule has 1 fully saturated rings. The van der Waals surface area contributed by atoms with Crippen molar-refractivity contribution in [2.24, 2.45) is 0 Å². The molecule has 1 aromatic carbocycles. The summed E-state index contributed by atoms with van der Waals surface area (Å²) >= 11 is 0. The Morgan fingerprint density at radius 2 is 2.19 bits per heavy atom. The number of aryl methyl sites for hydroxylation is 2. The molecule has 6 heteroatoms. The lowest BCUT2D eigenvalue weighted by molar-refractivity contribution is -0.133. The summed E-state index contributed by atoms with van der Waals surface area (Å²) in [5, 5.41) is 10.9. The Bertz CT molecular complexity index is 638. The summed E-state index contributed by atoms with van der Waals surface area (Å²) in [5.41, 5.74) is 3.77. The van der Waals surface area contributed by atoms with Gasteiger partial charge in [0.05, 0.1) is 6.04 Å². The molecule has 0 saturated carbocycles. The summed E-state index contributed by atoms with van der Waals surface area (Å²) in [7, 11) is 0. The molecule has 0 bridgehead atoms. The fraction of sp³-hybridized carbons (Fsp3) is 0.467. The lowest BCUT2D eigenvalue weighted by Crippen LogP contribution is -2.33. The SMILES string of the molecule is Cc1ccc(C2CCCN2C(=O)Cn2cnnn2)cc1C. The van der Waals surface area contributed by atoms with Gasteiger partial charge in [0.2, 0.25) is 5.91 Å². The minimum atomic E-state index is 0.0722. The highest BCUT2D eigenvalue weighted by atomic mass is 16.2. The molecule has 0 aliphatic carbocycles. The number of rotatable bonds is 3. The van der Waals surface area contributed by atoms with Crippen molar-refractivity contribution < 1.29 is 4.79 Å². The van der Waals surface area contributed by atoms with E-state index in [1.807, 2.05) is 4.90 Å². The largest absolute Gasteiger partial charge is 0.334 e. The number of likely N-dealkylation sites (tertiary alicyclic amines) is 1. The minimum absolute atomic E-state index is 0.0722. The first-order valence-electron chi connectivity index (χ1n) is 7.22. The van der Waals surface area contributed by atoms with Crippen LogP contribution in [0.3, 0.4) is 0 Å². The molecule has 0 spiro atoms. The quantitative estimate of drug-likeness (QED) is 0.860. The monoisotopic (exact) mass is 285 g/mol. The molecule has 1 aliphatic rings. The zero-order valence-electron chi connectivity index (χ0n) is 12.4. The van der Waals surface area contributed by atoms with Crippen molar-refractivity contribution in [2.45, 2.75) is 39.3 Å². The average Bonchev–Trinajstić information content (AvgIpc) is 3.12. The molecular weight excluding hydrogens is 266 g/mol. The van der Waals surface area contributed by atoms with Gasteiger partial charge in [-0.1, -0.05) is 18.2 Å². The molecular formula is C15H19N5O. The van der Waals surface area contributed by atoms with Gasteiger partial charge in [-0.2, -0.15) is 0 Å². The van der Waals surface area contributed by atoms with Crippen LogP contribution >= 0.6 is 0 Å². The standard InChI is InChI=1S/C15H19N5O/c1-11-5-6-13(8-12(11)2)14-4-3-7-20(14)15(21)9-19-10-16-17-18-19/h5-6,8,10,14H,3-4,7,9H2,1-2H3. The molecule has 0 N–H and O–H groups in total. The van der Waals surface area contributed by atoms with Crippen molar-refractivity contribution in [3.8, 4) is 0 Å². The Balaban J connectivity index is 1.78. The van der Waals surface area contributed by atoms with E-state index in [0.29, 0.717) is 0 Å². The number of carbonyl (C=O) groups excluding carboxylic acids is 1. The van der Waals surface area contributed by atoms with E-state index in [9.17, 15) is 4.79 Å². The number of hydrogen-bond acceptors (Lipinski definition) is 4. The number of benzene rings is 1. The fourth-order valence-corrected chi connectivity index (χ4v) is 2.87. The van der Waals surface area contributed by atoms with Gasteiger partial charge in [-0.3, -0.25) is 4.79 Å². The van der Waals surface area contributed by atoms with E-state index in [1.54, 1.807) is 0 Å². The van der Waals surface area contributed by atoms with E-state index in [-0.39, 0.29) is 18.5 Å². The minimum Gasteiger partial charge on any atom is -0.334 e. The highest BCUT2D eigenvalue weighted by molar-refractivity contribution is 5.76. The van der Waals surface area contributed by atoms with E-state index >= 15 is 0 Å². The Kier molecular flexibility index (Phi) is 3.68. The predicted octanol–water partition coefficient (Wildman–Crippen LogP) is 1.65. The molecule has 2 heterocycles. The predicted molar refractivity (Wildman–Crippen MR) is 77.4 cm³/mol. The molecule has 6 nitrogen and oxygen atoms in total. The first-order chi connectivity index (χ1) is 10.1. The number of carbonyl (C=O) groups is 1. The summed E-state index contributed by atoms with van der Waals surface area (Å²) in [5.74, 6) is 0.0722. The second-order valence-electron chi connectivity index (χ2n) is 5.60. The summed E-state index contributed by atoms with van der Waals surface area (Å²) < 4.78 is 1.47. The number of tetrazole rings is 1. The third kappa shape index (κ3) is 2.79. The van der Waals surface area contributed by atoms with Crippen molar-refractivity contribution in [3.05, 3.63) is 41.2 Å². The molecule has 1 atom stereocenters. The van der Waals surface area contributed by atoms with Gasteiger partial charge < -0.3 is 4.90 Å².